The normalized spacial score (nSPS) is 8.00. The zero-order chi connectivity index (χ0) is 9.52. The van der Waals surface area contributed by atoms with E-state index in [2.05, 4.69) is 17.8 Å². The lowest BCUT2D eigenvalue weighted by atomic mass is 10.1. The van der Waals surface area contributed by atoms with E-state index in [0.29, 0.717) is 6.42 Å². The molecule has 0 bridgehead atoms. The van der Waals surface area contributed by atoms with Crippen LogP contribution in [0, 0.1) is 24.2 Å². The Hall–Kier alpha value is -1.86. The molecule has 13 heavy (non-hydrogen) atoms. The minimum Gasteiger partial charge on any atom is -0.497 e. The second-order valence-electron chi connectivity index (χ2n) is 2.47. The van der Waals surface area contributed by atoms with E-state index < -0.39 is 0 Å². The van der Waals surface area contributed by atoms with Crippen LogP contribution in [0.2, 0.25) is 0 Å². The summed E-state index contributed by atoms with van der Waals surface area (Å²) in [7, 11) is 1.65. The molecule has 0 spiro atoms. The van der Waals surface area contributed by atoms with E-state index in [1.54, 1.807) is 7.11 Å². The molecule has 1 nitrogen and oxygen atoms in total. The molecule has 0 heterocycles. The fourth-order valence-electron chi connectivity index (χ4n) is 0.941. The monoisotopic (exact) mass is 170 g/mol. The topological polar surface area (TPSA) is 9.23 Å². The maximum Gasteiger partial charge on any atom is 0.118 e. The van der Waals surface area contributed by atoms with E-state index in [9.17, 15) is 0 Å². The lowest BCUT2D eigenvalue weighted by molar-refractivity contribution is 0.414. The molecule has 64 valence electrons. The fraction of sp³-hybridized carbons (Fsp3) is 0.167. The summed E-state index contributed by atoms with van der Waals surface area (Å²) in [6.07, 6.45) is 5.68. The summed E-state index contributed by atoms with van der Waals surface area (Å²) in [5, 5.41) is 0. The molecule has 0 aliphatic heterocycles. The van der Waals surface area contributed by atoms with Crippen LogP contribution in [0.3, 0.4) is 0 Å². The van der Waals surface area contributed by atoms with Gasteiger partial charge in [-0.1, -0.05) is 18.1 Å². The standard InChI is InChI=1S/C12H10O/c1-3-4-5-6-11-7-9-12(13-2)10-8-11/h1,7-10H,6H2,2H3. The SMILES string of the molecule is C#CC#CCc1ccc(OC)cc1. The molecule has 0 aromatic heterocycles. The quantitative estimate of drug-likeness (QED) is 0.616. The van der Waals surface area contributed by atoms with Crippen LogP contribution in [0.25, 0.3) is 0 Å². The van der Waals surface area contributed by atoms with Gasteiger partial charge in [-0.15, -0.1) is 6.42 Å². The van der Waals surface area contributed by atoms with E-state index in [4.69, 9.17) is 11.2 Å². The van der Waals surface area contributed by atoms with Crippen molar-refractivity contribution >= 4 is 0 Å². The second kappa shape index (κ2) is 4.91. The van der Waals surface area contributed by atoms with Gasteiger partial charge in [0.25, 0.3) is 0 Å². The molecule has 1 aromatic rings. The van der Waals surface area contributed by atoms with Crippen molar-refractivity contribution in [3.05, 3.63) is 29.8 Å². The summed E-state index contributed by atoms with van der Waals surface area (Å²) in [4.78, 5) is 0. The fourth-order valence-corrected chi connectivity index (χ4v) is 0.941. The molecule has 0 radical (unpaired) electrons. The first-order valence-corrected chi connectivity index (χ1v) is 3.93. The van der Waals surface area contributed by atoms with Gasteiger partial charge in [0.2, 0.25) is 0 Å². The maximum absolute atomic E-state index is 5.03. The van der Waals surface area contributed by atoms with Gasteiger partial charge in [0.1, 0.15) is 5.75 Å². The molecule has 0 aliphatic rings. The molecule has 0 N–H and O–H groups in total. The highest BCUT2D eigenvalue weighted by molar-refractivity contribution is 5.31. The van der Waals surface area contributed by atoms with Gasteiger partial charge >= 0.3 is 0 Å². The Kier molecular flexibility index (Phi) is 3.48. The lowest BCUT2D eigenvalue weighted by Gasteiger charge is -1.99. The maximum atomic E-state index is 5.03. The predicted molar refractivity (Wildman–Crippen MR) is 53.3 cm³/mol. The number of hydrogen-bond donors (Lipinski definition) is 0. The second-order valence-corrected chi connectivity index (χ2v) is 2.47. The zero-order valence-corrected chi connectivity index (χ0v) is 7.50. The Morgan fingerprint density at radius 1 is 1.31 bits per heavy atom. The van der Waals surface area contributed by atoms with Crippen molar-refractivity contribution in [1.82, 2.24) is 0 Å². The molecular formula is C12H10O. The average molecular weight is 170 g/mol. The first-order chi connectivity index (χ1) is 6.36. The van der Waals surface area contributed by atoms with E-state index in [-0.39, 0.29) is 0 Å². The molecule has 0 amide bonds. The Labute approximate surface area is 78.7 Å². The van der Waals surface area contributed by atoms with Crippen LogP contribution < -0.4 is 4.74 Å². The van der Waals surface area contributed by atoms with Crippen molar-refractivity contribution in [3.8, 4) is 29.9 Å². The Bertz CT molecular complexity index is 357. The first kappa shape index (κ1) is 9.23. The van der Waals surface area contributed by atoms with Crippen molar-refractivity contribution < 1.29 is 4.74 Å². The summed E-state index contributed by atoms with van der Waals surface area (Å²) in [5.74, 6) is 8.56. The minimum absolute atomic E-state index is 0.689. The van der Waals surface area contributed by atoms with Gasteiger partial charge in [0.05, 0.1) is 7.11 Å². The third kappa shape index (κ3) is 2.93. The molecule has 0 atom stereocenters. The predicted octanol–water partition coefficient (Wildman–Crippen LogP) is 1.87. The lowest BCUT2D eigenvalue weighted by Crippen LogP contribution is -1.84. The summed E-state index contributed by atoms with van der Waals surface area (Å²) < 4.78 is 5.03. The average Bonchev–Trinajstić information content (AvgIpc) is 2.19. The van der Waals surface area contributed by atoms with Gasteiger partial charge in [-0.2, -0.15) is 0 Å². The summed E-state index contributed by atoms with van der Waals surface area (Å²) in [5.41, 5.74) is 1.14. The molecule has 0 saturated heterocycles. The molecular weight excluding hydrogens is 160 g/mol. The van der Waals surface area contributed by atoms with Crippen LogP contribution in [-0.2, 0) is 6.42 Å². The van der Waals surface area contributed by atoms with Crippen LogP contribution in [0.4, 0.5) is 0 Å². The number of ether oxygens (including phenoxy) is 1. The van der Waals surface area contributed by atoms with Gasteiger partial charge in [-0.3, -0.25) is 0 Å². The van der Waals surface area contributed by atoms with E-state index in [1.807, 2.05) is 24.3 Å². The van der Waals surface area contributed by atoms with Crippen molar-refractivity contribution in [2.24, 2.45) is 0 Å². The molecule has 0 saturated carbocycles. The van der Waals surface area contributed by atoms with Gasteiger partial charge in [0.15, 0.2) is 0 Å². The van der Waals surface area contributed by atoms with Crippen molar-refractivity contribution in [3.63, 3.8) is 0 Å². The Morgan fingerprint density at radius 2 is 2.00 bits per heavy atom. The van der Waals surface area contributed by atoms with Gasteiger partial charge in [0, 0.05) is 6.42 Å². The highest BCUT2D eigenvalue weighted by Crippen LogP contribution is 2.10. The number of hydrogen-bond acceptors (Lipinski definition) is 1. The number of methoxy groups -OCH3 is 1. The van der Waals surface area contributed by atoms with Crippen LogP contribution in [0.1, 0.15) is 5.56 Å². The van der Waals surface area contributed by atoms with Crippen LogP contribution in [0.5, 0.6) is 5.75 Å². The number of terminal acetylenes is 1. The number of rotatable bonds is 2. The van der Waals surface area contributed by atoms with Crippen LogP contribution >= 0.6 is 0 Å². The van der Waals surface area contributed by atoms with Crippen molar-refractivity contribution in [2.45, 2.75) is 6.42 Å². The minimum atomic E-state index is 0.689. The third-order valence-electron chi connectivity index (χ3n) is 1.61. The van der Waals surface area contributed by atoms with Gasteiger partial charge < -0.3 is 4.74 Å². The molecule has 1 rings (SSSR count). The molecule has 0 fully saturated rings. The third-order valence-corrected chi connectivity index (χ3v) is 1.61. The largest absolute Gasteiger partial charge is 0.497 e. The smallest absolute Gasteiger partial charge is 0.118 e. The van der Waals surface area contributed by atoms with Crippen molar-refractivity contribution in [2.75, 3.05) is 7.11 Å². The van der Waals surface area contributed by atoms with E-state index >= 15 is 0 Å². The molecule has 0 unspecified atom stereocenters. The first-order valence-electron chi connectivity index (χ1n) is 3.93. The van der Waals surface area contributed by atoms with Crippen LogP contribution in [0.15, 0.2) is 24.3 Å². The Balaban J connectivity index is 2.65. The molecule has 1 heteroatoms. The zero-order valence-electron chi connectivity index (χ0n) is 7.50. The van der Waals surface area contributed by atoms with Gasteiger partial charge in [-0.25, -0.2) is 0 Å². The van der Waals surface area contributed by atoms with Crippen molar-refractivity contribution in [1.29, 1.82) is 0 Å². The summed E-state index contributed by atoms with van der Waals surface area (Å²) in [6.45, 7) is 0. The van der Waals surface area contributed by atoms with E-state index in [0.717, 1.165) is 11.3 Å². The van der Waals surface area contributed by atoms with Crippen LogP contribution in [-0.4, -0.2) is 7.11 Å². The van der Waals surface area contributed by atoms with E-state index in [1.165, 1.54) is 0 Å². The highest BCUT2D eigenvalue weighted by Gasteiger charge is 1.90. The van der Waals surface area contributed by atoms with Gasteiger partial charge in [-0.05, 0) is 29.5 Å². The molecule has 1 aromatic carbocycles. The summed E-state index contributed by atoms with van der Waals surface area (Å²) in [6, 6.07) is 7.77. The molecule has 0 aliphatic carbocycles. The number of benzene rings is 1. The summed E-state index contributed by atoms with van der Waals surface area (Å²) >= 11 is 0. The Morgan fingerprint density at radius 3 is 2.54 bits per heavy atom. The highest BCUT2D eigenvalue weighted by atomic mass is 16.5.